The van der Waals surface area contributed by atoms with Crippen molar-refractivity contribution in [1.82, 2.24) is 20.1 Å². The van der Waals surface area contributed by atoms with Crippen molar-refractivity contribution in [3.05, 3.63) is 59.6 Å². The Labute approximate surface area is 258 Å². The molecule has 0 saturated carbocycles. The third-order valence-corrected chi connectivity index (χ3v) is 8.55. The Morgan fingerprint density at radius 1 is 1.11 bits per heavy atom. The molecule has 248 valence electrons. The number of carbonyl (C=O) groups is 3. The lowest BCUT2D eigenvalue weighted by Gasteiger charge is -2.42. The summed E-state index contributed by atoms with van der Waals surface area (Å²) in [5.41, 5.74) is -6.60. The van der Waals surface area contributed by atoms with Crippen LogP contribution in [0.5, 0.6) is 0 Å². The van der Waals surface area contributed by atoms with Crippen molar-refractivity contribution in [2.75, 3.05) is 31.1 Å². The number of aryl methyl sites for hydroxylation is 1. The van der Waals surface area contributed by atoms with Crippen LogP contribution in [0, 0.1) is 0 Å². The minimum absolute atomic E-state index is 0.0980. The van der Waals surface area contributed by atoms with Crippen molar-refractivity contribution in [3.8, 4) is 0 Å². The molecule has 5 rings (SSSR count). The normalized spacial score (nSPS) is 21.3. The molecule has 46 heavy (non-hydrogen) atoms. The Bertz CT molecular complexity index is 1660. The Morgan fingerprint density at radius 2 is 1.80 bits per heavy atom. The third kappa shape index (κ3) is 5.41. The molecule has 3 aromatic rings. The number of aromatic nitrogens is 1. The van der Waals surface area contributed by atoms with Gasteiger partial charge in [-0.25, -0.2) is 4.79 Å². The van der Waals surface area contributed by atoms with Crippen molar-refractivity contribution in [3.63, 3.8) is 0 Å². The smallest absolute Gasteiger partial charge is 0.430 e. The molecule has 2 aromatic heterocycles. The van der Waals surface area contributed by atoms with Gasteiger partial charge in [0.25, 0.3) is 11.5 Å². The molecule has 10 nitrogen and oxygen atoms in total. The maximum atomic E-state index is 13.5. The molecule has 0 spiro atoms. The second kappa shape index (κ2) is 11.5. The van der Waals surface area contributed by atoms with E-state index in [1.165, 1.54) is 24.3 Å². The molecule has 2 aliphatic rings. The van der Waals surface area contributed by atoms with Crippen LogP contribution < -0.4 is 10.2 Å². The molecule has 1 unspecified atom stereocenters. The number of hydrogen-bond donors (Lipinski definition) is 2. The number of fused-ring (bicyclic) bond motifs is 1. The van der Waals surface area contributed by atoms with Crippen LogP contribution in [0.15, 0.2) is 47.2 Å². The molecule has 2 fully saturated rings. The van der Waals surface area contributed by atoms with E-state index in [1.807, 2.05) is 0 Å². The number of anilines is 1. The topological polar surface area (TPSA) is 119 Å². The zero-order chi connectivity index (χ0) is 33.8. The second-order valence-electron chi connectivity index (χ2n) is 11.7. The molecule has 2 saturated heterocycles. The van der Waals surface area contributed by atoms with E-state index >= 15 is 0 Å². The average Bonchev–Trinajstić information content (AvgIpc) is 3.54. The quantitative estimate of drug-likeness (QED) is 0.282. The molecule has 2 atom stereocenters. The van der Waals surface area contributed by atoms with Crippen molar-refractivity contribution in [2.24, 2.45) is 0 Å². The first-order valence-electron chi connectivity index (χ1n) is 14.4. The lowest BCUT2D eigenvalue weighted by Crippen LogP contribution is -2.56. The average molecular weight is 656 g/mol. The highest BCUT2D eigenvalue weighted by Gasteiger charge is 2.71. The van der Waals surface area contributed by atoms with E-state index in [0.29, 0.717) is 29.1 Å². The Morgan fingerprint density at radius 3 is 2.43 bits per heavy atom. The summed E-state index contributed by atoms with van der Waals surface area (Å²) in [7, 11) is 0. The van der Waals surface area contributed by atoms with E-state index in [0.717, 1.165) is 17.0 Å². The van der Waals surface area contributed by atoms with Gasteiger partial charge in [-0.3, -0.25) is 19.5 Å². The number of nitrogens with one attached hydrogen (secondary N) is 1. The van der Waals surface area contributed by atoms with E-state index in [4.69, 9.17) is 4.42 Å². The lowest BCUT2D eigenvalue weighted by atomic mass is 9.89. The minimum atomic E-state index is -6.01. The monoisotopic (exact) mass is 655 g/mol. The SMILES string of the molecule is CCCc1cc(C(O)(C(F)(F)F)C(F)(F)F)ccc1N1CCN(C(=O)CN2C(=O)NC(C)(c3cc4ccoc4cn3)C2=O)C[C@@H]1C. The van der Waals surface area contributed by atoms with Crippen LogP contribution in [0.3, 0.4) is 0 Å². The van der Waals surface area contributed by atoms with E-state index in [-0.39, 0.29) is 37.3 Å². The Kier molecular flexibility index (Phi) is 8.24. The van der Waals surface area contributed by atoms with E-state index in [1.54, 1.807) is 30.9 Å². The molecule has 4 amide bonds. The maximum absolute atomic E-state index is 13.5. The molecule has 0 bridgehead atoms. The fourth-order valence-corrected chi connectivity index (χ4v) is 5.98. The van der Waals surface area contributed by atoms with Gasteiger partial charge in [-0.2, -0.15) is 26.3 Å². The number of pyridine rings is 1. The Hall–Kier alpha value is -4.34. The number of benzene rings is 1. The van der Waals surface area contributed by atoms with Gasteiger partial charge >= 0.3 is 18.4 Å². The molecule has 2 N–H and O–H groups in total. The lowest BCUT2D eigenvalue weighted by molar-refractivity contribution is -0.376. The number of carbonyl (C=O) groups excluding carboxylic acids is 3. The zero-order valence-electron chi connectivity index (χ0n) is 25.0. The van der Waals surface area contributed by atoms with Crippen LogP contribution in [-0.4, -0.2) is 82.3 Å². The Balaban J connectivity index is 1.31. The van der Waals surface area contributed by atoms with Crippen LogP contribution in [0.2, 0.25) is 0 Å². The highest BCUT2D eigenvalue weighted by atomic mass is 19.4. The van der Waals surface area contributed by atoms with Gasteiger partial charge in [0.1, 0.15) is 6.54 Å². The van der Waals surface area contributed by atoms with Crippen LogP contribution in [0.4, 0.5) is 36.8 Å². The largest absolute Gasteiger partial charge is 0.463 e. The van der Waals surface area contributed by atoms with Gasteiger partial charge < -0.3 is 24.6 Å². The first kappa shape index (κ1) is 33.0. The van der Waals surface area contributed by atoms with Crippen LogP contribution in [0.1, 0.15) is 44.0 Å². The number of aliphatic hydroxyl groups is 1. The van der Waals surface area contributed by atoms with E-state index in [2.05, 4.69) is 10.3 Å². The number of imide groups is 1. The highest BCUT2D eigenvalue weighted by Crippen LogP contribution is 2.50. The number of hydrogen-bond acceptors (Lipinski definition) is 7. The van der Waals surface area contributed by atoms with Gasteiger partial charge in [-0.15, -0.1) is 0 Å². The first-order valence-corrected chi connectivity index (χ1v) is 14.4. The van der Waals surface area contributed by atoms with Gasteiger partial charge in [0.05, 0.1) is 18.2 Å². The van der Waals surface area contributed by atoms with Crippen LogP contribution in [0.25, 0.3) is 11.0 Å². The van der Waals surface area contributed by atoms with Crippen molar-refractivity contribution >= 4 is 34.5 Å². The summed E-state index contributed by atoms with van der Waals surface area (Å²) in [4.78, 5) is 47.8. The van der Waals surface area contributed by atoms with Crippen molar-refractivity contribution < 1.29 is 50.2 Å². The number of rotatable bonds is 7. The molecule has 0 aliphatic carbocycles. The number of halogens is 6. The summed E-state index contributed by atoms with van der Waals surface area (Å²) >= 11 is 0. The first-order chi connectivity index (χ1) is 21.4. The van der Waals surface area contributed by atoms with E-state index < -0.39 is 59.5 Å². The molecule has 4 heterocycles. The number of nitrogens with zero attached hydrogens (tertiary/aromatic N) is 4. The predicted molar refractivity (Wildman–Crippen MR) is 151 cm³/mol. The summed E-state index contributed by atoms with van der Waals surface area (Å²) in [5, 5.41) is 13.2. The standard InChI is InChI=1S/C30H31F6N5O5/c1-4-5-18-12-20(28(45,29(31,32)33)30(34,35)36)6-7-21(18)40-10-9-39(15-17(40)2)24(42)16-41-25(43)27(3,38-26(41)44)23-13-19-8-11-46-22(19)14-37-23/h6-8,11-14,17,45H,4-5,9-10,15-16H2,1-3H3,(H,38,44)/t17-,27?/m0/s1. The fourth-order valence-electron chi connectivity index (χ4n) is 5.98. The van der Waals surface area contributed by atoms with Gasteiger partial charge in [0, 0.05) is 42.3 Å². The van der Waals surface area contributed by atoms with Gasteiger partial charge in [0.15, 0.2) is 11.1 Å². The van der Waals surface area contributed by atoms with Crippen molar-refractivity contribution in [2.45, 2.75) is 63.1 Å². The number of amides is 4. The molecule has 0 radical (unpaired) electrons. The summed E-state index contributed by atoms with van der Waals surface area (Å²) < 4.78 is 86.5. The number of urea groups is 1. The third-order valence-electron chi connectivity index (χ3n) is 8.55. The number of furan rings is 1. The maximum Gasteiger partial charge on any atom is 0.430 e. The van der Waals surface area contributed by atoms with E-state index in [9.17, 15) is 45.8 Å². The van der Waals surface area contributed by atoms with Crippen LogP contribution >= 0.6 is 0 Å². The zero-order valence-corrected chi connectivity index (χ0v) is 25.0. The summed E-state index contributed by atoms with van der Waals surface area (Å²) in [6, 6.07) is 4.55. The second-order valence-corrected chi connectivity index (χ2v) is 11.7. The summed E-state index contributed by atoms with van der Waals surface area (Å²) in [5.74, 6) is -1.20. The fraction of sp³-hybridized carbons (Fsp3) is 0.467. The summed E-state index contributed by atoms with van der Waals surface area (Å²) in [6.07, 6.45) is -8.60. The molecule has 2 aliphatic heterocycles. The van der Waals surface area contributed by atoms with Crippen LogP contribution in [-0.2, 0) is 27.1 Å². The molecular formula is C30H31F6N5O5. The van der Waals surface area contributed by atoms with Gasteiger partial charge in [-0.1, -0.05) is 25.5 Å². The summed E-state index contributed by atoms with van der Waals surface area (Å²) in [6.45, 7) is 4.74. The molecule has 16 heteroatoms. The number of piperazine rings is 1. The highest BCUT2D eigenvalue weighted by molar-refractivity contribution is 6.09. The van der Waals surface area contributed by atoms with Gasteiger partial charge in [0.2, 0.25) is 5.91 Å². The minimum Gasteiger partial charge on any atom is -0.463 e. The number of alkyl halides is 6. The molecule has 1 aromatic carbocycles. The van der Waals surface area contributed by atoms with Crippen molar-refractivity contribution in [1.29, 1.82) is 0 Å². The van der Waals surface area contributed by atoms with Gasteiger partial charge in [-0.05, 0) is 44.0 Å². The molecular weight excluding hydrogens is 624 g/mol. The predicted octanol–water partition coefficient (Wildman–Crippen LogP) is 4.60.